The molecule has 0 aliphatic heterocycles. The van der Waals surface area contributed by atoms with Crippen molar-refractivity contribution < 1.29 is 23.8 Å². The highest BCUT2D eigenvalue weighted by Crippen LogP contribution is 2.37. The smallest absolute Gasteiger partial charge is 0.338 e. The summed E-state index contributed by atoms with van der Waals surface area (Å²) in [6.07, 6.45) is 5.08. The Balaban J connectivity index is 1.63. The van der Waals surface area contributed by atoms with E-state index in [4.69, 9.17) is 14.2 Å². The lowest BCUT2D eigenvalue weighted by Crippen LogP contribution is -2.21. The van der Waals surface area contributed by atoms with Gasteiger partial charge in [0.25, 0.3) is 5.91 Å². The number of hydrogen-bond donors (Lipinski definition) is 1. The molecular formula is C21H22N2O5S. The number of esters is 1. The lowest BCUT2D eigenvalue weighted by molar-refractivity contribution is -0.119. The number of amides is 1. The van der Waals surface area contributed by atoms with Crippen molar-refractivity contribution in [1.82, 2.24) is 0 Å². The molecule has 0 fully saturated rings. The van der Waals surface area contributed by atoms with E-state index in [0.29, 0.717) is 22.1 Å². The Hall–Kier alpha value is -3.05. The zero-order valence-corrected chi connectivity index (χ0v) is 17.2. The number of nitrogens with zero attached hydrogens (tertiary/aromatic N) is 1. The van der Waals surface area contributed by atoms with E-state index in [1.54, 1.807) is 6.07 Å². The fraction of sp³-hybridized carbons (Fsp3) is 0.381. The number of aryl methyl sites for hydroxylation is 1. The number of fused-ring (bicyclic) bond motifs is 1. The molecule has 1 aliphatic rings. The molecule has 0 saturated carbocycles. The second-order valence-corrected chi connectivity index (χ2v) is 7.68. The van der Waals surface area contributed by atoms with Crippen LogP contribution in [0.15, 0.2) is 18.2 Å². The van der Waals surface area contributed by atoms with Crippen LogP contribution >= 0.6 is 11.3 Å². The Morgan fingerprint density at radius 1 is 1.14 bits per heavy atom. The molecule has 2 aromatic rings. The predicted octanol–water partition coefficient (Wildman–Crippen LogP) is 3.70. The fourth-order valence-electron chi connectivity index (χ4n) is 3.29. The van der Waals surface area contributed by atoms with Crippen LogP contribution in [-0.4, -0.2) is 32.7 Å². The van der Waals surface area contributed by atoms with Gasteiger partial charge in [-0.2, -0.15) is 5.26 Å². The molecule has 152 valence electrons. The Labute approximate surface area is 173 Å². The second kappa shape index (κ2) is 9.43. The Morgan fingerprint density at radius 2 is 1.90 bits per heavy atom. The van der Waals surface area contributed by atoms with Crippen LogP contribution in [0.5, 0.6) is 11.5 Å². The first kappa shape index (κ1) is 20.7. The van der Waals surface area contributed by atoms with Crippen molar-refractivity contribution in [3.8, 4) is 17.6 Å². The van der Waals surface area contributed by atoms with E-state index in [1.165, 1.54) is 37.7 Å². The molecule has 3 rings (SSSR count). The summed E-state index contributed by atoms with van der Waals surface area (Å²) in [6, 6.07) is 6.83. The number of ether oxygens (including phenoxy) is 3. The van der Waals surface area contributed by atoms with Crippen molar-refractivity contribution in [1.29, 1.82) is 5.26 Å². The summed E-state index contributed by atoms with van der Waals surface area (Å²) in [5.74, 6) is -0.247. The summed E-state index contributed by atoms with van der Waals surface area (Å²) in [5.41, 5.74) is 1.83. The van der Waals surface area contributed by atoms with Crippen molar-refractivity contribution in [2.24, 2.45) is 0 Å². The first-order valence-electron chi connectivity index (χ1n) is 9.31. The molecule has 29 heavy (non-hydrogen) atoms. The number of benzene rings is 1. The molecule has 1 heterocycles. The van der Waals surface area contributed by atoms with Crippen LogP contribution in [0.4, 0.5) is 5.00 Å². The fourth-order valence-corrected chi connectivity index (χ4v) is 4.55. The van der Waals surface area contributed by atoms with Crippen LogP contribution in [0.25, 0.3) is 0 Å². The van der Waals surface area contributed by atoms with Crippen LogP contribution in [-0.2, 0) is 22.4 Å². The number of hydrogen-bond acceptors (Lipinski definition) is 7. The van der Waals surface area contributed by atoms with Gasteiger partial charge in [-0.25, -0.2) is 4.79 Å². The molecule has 0 atom stereocenters. The van der Waals surface area contributed by atoms with Crippen LogP contribution in [0.1, 0.15) is 45.6 Å². The number of nitrogens with one attached hydrogen (secondary N) is 1. The average molecular weight is 414 g/mol. The third-order valence-corrected chi connectivity index (χ3v) is 5.95. The zero-order chi connectivity index (χ0) is 20.8. The maximum atomic E-state index is 12.3. The van der Waals surface area contributed by atoms with Gasteiger partial charge < -0.3 is 19.5 Å². The highest BCUT2D eigenvalue weighted by atomic mass is 32.1. The lowest BCUT2D eigenvalue weighted by Gasteiger charge is -2.09. The highest BCUT2D eigenvalue weighted by molar-refractivity contribution is 7.16. The van der Waals surface area contributed by atoms with E-state index < -0.39 is 18.5 Å². The van der Waals surface area contributed by atoms with Gasteiger partial charge in [0.2, 0.25) is 0 Å². The topological polar surface area (TPSA) is 97.6 Å². The van der Waals surface area contributed by atoms with Gasteiger partial charge >= 0.3 is 5.97 Å². The Morgan fingerprint density at radius 3 is 2.62 bits per heavy atom. The maximum absolute atomic E-state index is 12.3. The molecule has 0 unspecified atom stereocenters. The molecule has 1 N–H and O–H groups in total. The van der Waals surface area contributed by atoms with Crippen molar-refractivity contribution in [2.75, 3.05) is 26.1 Å². The van der Waals surface area contributed by atoms with E-state index in [-0.39, 0.29) is 5.56 Å². The largest absolute Gasteiger partial charge is 0.493 e. The van der Waals surface area contributed by atoms with E-state index in [0.717, 1.165) is 42.5 Å². The predicted molar refractivity (Wildman–Crippen MR) is 109 cm³/mol. The number of nitriles is 1. The van der Waals surface area contributed by atoms with Gasteiger partial charge in [-0.3, -0.25) is 4.79 Å². The molecule has 1 aliphatic carbocycles. The SMILES string of the molecule is COc1ccc(C(=O)OCC(=O)Nc2sc3c(c2C#N)CCCCC3)cc1OC. The summed E-state index contributed by atoms with van der Waals surface area (Å²) in [5, 5.41) is 12.8. The summed E-state index contributed by atoms with van der Waals surface area (Å²) < 4.78 is 15.4. The molecule has 0 spiro atoms. The molecule has 0 bridgehead atoms. The molecule has 1 aromatic carbocycles. The van der Waals surface area contributed by atoms with Gasteiger partial charge in [0.1, 0.15) is 11.1 Å². The minimum Gasteiger partial charge on any atom is -0.493 e. The number of carbonyl (C=O) groups excluding carboxylic acids is 2. The quantitative estimate of drug-likeness (QED) is 0.572. The van der Waals surface area contributed by atoms with Crippen LogP contribution in [0, 0.1) is 11.3 Å². The number of anilines is 1. The second-order valence-electron chi connectivity index (χ2n) is 6.57. The third kappa shape index (κ3) is 4.69. The molecule has 1 amide bonds. The van der Waals surface area contributed by atoms with E-state index in [9.17, 15) is 14.9 Å². The van der Waals surface area contributed by atoms with E-state index in [2.05, 4.69) is 11.4 Å². The van der Waals surface area contributed by atoms with Gasteiger partial charge in [-0.15, -0.1) is 11.3 Å². The zero-order valence-electron chi connectivity index (χ0n) is 16.4. The molecule has 7 nitrogen and oxygen atoms in total. The van der Waals surface area contributed by atoms with Gasteiger partial charge in [-0.1, -0.05) is 6.42 Å². The van der Waals surface area contributed by atoms with Crippen molar-refractivity contribution in [3.05, 3.63) is 39.8 Å². The van der Waals surface area contributed by atoms with E-state index >= 15 is 0 Å². The van der Waals surface area contributed by atoms with Gasteiger partial charge in [0.05, 0.1) is 25.3 Å². The van der Waals surface area contributed by atoms with Crippen LogP contribution in [0.2, 0.25) is 0 Å². The Kier molecular flexibility index (Phi) is 6.73. The summed E-state index contributed by atoms with van der Waals surface area (Å²) in [6.45, 7) is -0.444. The minimum atomic E-state index is -0.649. The molecule has 0 saturated heterocycles. The molecule has 0 radical (unpaired) electrons. The van der Waals surface area contributed by atoms with Crippen molar-refractivity contribution in [2.45, 2.75) is 32.1 Å². The third-order valence-electron chi connectivity index (χ3n) is 4.74. The molecule has 8 heteroatoms. The normalized spacial score (nSPS) is 12.9. The monoisotopic (exact) mass is 414 g/mol. The van der Waals surface area contributed by atoms with Crippen LogP contribution in [0.3, 0.4) is 0 Å². The summed E-state index contributed by atoms with van der Waals surface area (Å²) in [4.78, 5) is 25.7. The first-order chi connectivity index (χ1) is 14.1. The van der Waals surface area contributed by atoms with Gasteiger partial charge in [-0.05, 0) is 49.4 Å². The van der Waals surface area contributed by atoms with Crippen LogP contribution < -0.4 is 14.8 Å². The number of carbonyl (C=O) groups is 2. The summed E-state index contributed by atoms with van der Waals surface area (Å²) >= 11 is 1.44. The van der Waals surface area contributed by atoms with Gasteiger partial charge in [0, 0.05) is 4.88 Å². The number of methoxy groups -OCH3 is 2. The first-order valence-corrected chi connectivity index (χ1v) is 10.1. The molecular weight excluding hydrogens is 392 g/mol. The van der Waals surface area contributed by atoms with Crippen molar-refractivity contribution in [3.63, 3.8) is 0 Å². The average Bonchev–Trinajstić information content (AvgIpc) is 2.90. The minimum absolute atomic E-state index is 0.246. The van der Waals surface area contributed by atoms with Crippen molar-refractivity contribution >= 4 is 28.2 Å². The number of thiophene rings is 1. The highest BCUT2D eigenvalue weighted by Gasteiger charge is 2.21. The van der Waals surface area contributed by atoms with Gasteiger partial charge in [0.15, 0.2) is 18.1 Å². The number of rotatable bonds is 6. The molecule has 1 aromatic heterocycles. The standard InChI is InChI=1S/C21H22N2O5S/c1-26-16-9-8-13(10-17(16)27-2)21(25)28-12-19(24)23-20-15(11-22)14-6-4-3-5-7-18(14)29-20/h8-10H,3-7,12H2,1-2H3,(H,23,24). The lowest BCUT2D eigenvalue weighted by atomic mass is 10.1. The maximum Gasteiger partial charge on any atom is 0.338 e. The van der Waals surface area contributed by atoms with E-state index in [1.807, 2.05) is 0 Å². The Bertz CT molecular complexity index is 961. The summed E-state index contributed by atoms with van der Waals surface area (Å²) in [7, 11) is 2.97.